The molecule has 2 aliphatic rings. The fourth-order valence-corrected chi connectivity index (χ4v) is 5.33. The third-order valence-corrected chi connectivity index (χ3v) is 7.80. The smallest absolute Gasteiger partial charge is 0.256 e. The maximum absolute atomic E-state index is 13.0. The molecule has 1 aromatic carbocycles. The first-order chi connectivity index (χ1) is 19.8. The van der Waals surface area contributed by atoms with Crippen molar-refractivity contribution in [3.63, 3.8) is 0 Å². The van der Waals surface area contributed by atoms with E-state index in [4.69, 9.17) is 16.7 Å². The number of piperidine rings is 1. The maximum Gasteiger partial charge on any atom is 0.256 e. The molecule has 0 bridgehead atoms. The van der Waals surface area contributed by atoms with Gasteiger partial charge in [-0.25, -0.2) is 4.98 Å². The molecule has 2 aliphatic heterocycles. The highest BCUT2D eigenvalue weighted by Crippen LogP contribution is 2.25. The van der Waals surface area contributed by atoms with Crippen molar-refractivity contribution in [2.24, 2.45) is 5.73 Å². The highest BCUT2D eigenvalue weighted by molar-refractivity contribution is 5.99. The summed E-state index contributed by atoms with van der Waals surface area (Å²) < 4.78 is 0. The van der Waals surface area contributed by atoms with Crippen LogP contribution < -0.4 is 21.7 Å². The first kappa shape index (κ1) is 27.9. The summed E-state index contributed by atoms with van der Waals surface area (Å²) in [6, 6.07) is 13.3. The number of anilines is 3. The molecule has 0 atom stereocenters. The molecule has 2 saturated heterocycles. The monoisotopic (exact) mass is 553 g/mol. The lowest BCUT2D eigenvalue weighted by molar-refractivity contribution is 0.0665. The molecular weight excluding hydrogens is 518 g/mol. The lowest BCUT2D eigenvalue weighted by atomic mass is 10.0. The van der Waals surface area contributed by atoms with Crippen LogP contribution in [0, 0.1) is 11.3 Å². The number of carbonyl (C=O) groups is 2. The number of likely N-dealkylation sites (N-methyl/N-ethyl adjacent to an activating group) is 1. The van der Waals surface area contributed by atoms with E-state index in [9.17, 15) is 9.59 Å². The molecule has 0 aliphatic carbocycles. The Kier molecular flexibility index (Phi) is 8.31. The van der Waals surface area contributed by atoms with Crippen LogP contribution in [0.3, 0.4) is 0 Å². The SMILES string of the molecule is CN1CCN(C(=O)c2ccc(Cc3cc(NC4CCN(c5ccc(C#N)cn5)CC4)c(C(N)=O)cn3)cc2N)CC1. The third-order valence-electron chi connectivity index (χ3n) is 7.80. The Morgan fingerprint density at radius 3 is 2.39 bits per heavy atom. The average Bonchev–Trinajstić information content (AvgIpc) is 2.98. The lowest BCUT2D eigenvalue weighted by Gasteiger charge is -2.34. The minimum absolute atomic E-state index is 0.0430. The summed E-state index contributed by atoms with van der Waals surface area (Å²) in [4.78, 5) is 40.3. The van der Waals surface area contributed by atoms with Gasteiger partial charge in [-0.1, -0.05) is 6.07 Å². The van der Waals surface area contributed by atoms with E-state index in [1.807, 2.05) is 29.2 Å². The zero-order valence-corrected chi connectivity index (χ0v) is 23.2. The number of hydrogen-bond acceptors (Lipinski definition) is 9. The Bertz CT molecular complexity index is 1450. The molecule has 0 radical (unpaired) electrons. The summed E-state index contributed by atoms with van der Waals surface area (Å²) in [6.45, 7) is 4.65. The molecule has 5 N–H and O–H groups in total. The fourth-order valence-electron chi connectivity index (χ4n) is 5.33. The van der Waals surface area contributed by atoms with Gasteiger partial charge in [0.15, 0.2) is 0 Å². The summed E-state index contributed by atoms with van der Waals surface area (Å²) in [7, 11) is 2.05. The van der Waals surface area contributed by atoms with Crippen LogP contribution in [0.25, 0.3) is 0 Å². The summed E-state index contributed by atoms with van der Waals surface area (Å²) in [5.74, 6) is 0.266. The first-order valence-corrected chi connectivity index (χ1v) is 13.8. The van der Waals surface area contributed by atoms with Crippen LogP contribution in [0.4, 0.5) is 17.2 Å². The normalized spacial score (nSPS) is 16.3. The number of piperazine rings is 1. The second-order valence-electron chi connectivity index (χ2n) is 10.7. The minimum atomic E-state index is -0.540. The van der Waals surface area contributed by atoms with Gasteiger partial charge in [-0.3, -0.25) is 14.6 Å². The van der Waals surface area contributed by atoms with Gasteiger partial charge in [0.2, 0.25) is 0 Å². The number of nitrogens with two attached hydrogens (primary N) is 2. The molecule has 5 rings (SSSR count). The number of nitriles is 1. The number of hydrogen-bond donors (Lipinski definition) is 3. The molecule has 0 spiro atoms. The largest absolute Gasteiger partial charge is 0.398 e. The topological polar surface area (TPSA) is 158 Å². The van der Waals surface area contributed by atoms with E-state index in [0.717, 1.165) is 56.1 Å². The second-order valence-corrected chi connectivity index (χ2v) is 10.7. The van der Waals surface area contributed by atoms with E-state index < -0.39 is 5.91 Å². The molecule has 11 nitrogen and oxygen atoms in total. The highest BCUT2D eigenvalue weighted by atomic mass is 16.2. The number of benzene rings is 1. The zero-order valence-electron chi connectivity index (χ0n) is 23.2. The fraction of sp³-hybridized carbons (Fsp3) is 0.367. The van der Waals surface area contributed by atoms with Gasteiger partial charge in [0.25, 0.3) is 11.8 Å². The van der Waals surface area contributed by atoms with Crippen molar-refractivity contribution in [1.29, 1.82) is 5.26 Å². The van der Waals surface area contributed by atoms with Crippen LogP contribution in [-0.4, -0.2) is 83.9 Å². The average molecular weight is 554 g/mol. The molecule has 2 aromatic heterocycles. The Balaban J connectivity index is 1.24. The molecule has 2 fully saturated rings. The van der Waals surface area contributed by atoms with Gasteiger partial charge in [-0.2, -0.15) is 5.26 Å². The highest BCUT2D eigenvalue weighted by Gasteiger charge is 2.24. The number of nitrogen functional groups attached to an aromatic ring is 1. The van der Waals surface area contributed by atoms with Gasteiger partial charge in [0, 0.05) is 75.5 Å². The van der Waals surface area contributed by atoms with Gasteiger partial charge in [0.05, 0.1) is 22.4 Å². The molecule has 2 amide bonds. The number of amides is 2. The Hall–Kier alpha value is -4.69. The van der Waals surface area contributed by atoms with E-state index in [-0.39, 0.29) is 11.9 Å². The number of primary amides is 1. The number of carbonyl (C=O) groups excluding carboxylic acids is 2. The zero-order chi connectivity index (χ0) is 28.9. The van der Waals surface area contributed by atoms with E-state index >= 15 is 0 Å². The number of aromatic nitrogens is 2. The van der Waals surface area contributed by atoms with Gasteiger partial charge < -0.3 is 31.5 Å². The van der Waals surface area contributed by atoms with Crippen LogP contribution in [0.15, 0.2) is 48.8 Å². The van der Waals surface area contributed by atoms with Crippen molar-refractivity contribution >= 4 is 29.0 Å². The standard InChI is InChI=1S/C30H35N9O2/c1-37-10-12-39(13-11-37)30(41)24-4-2-20(15-26(24)32)14-23-16-27(25(19-34-23)29(33)40)36-22-6-8-38(9-7-22)28-5-3-21(17-31)18-35-28/h2-5,15-16,18-19,22H,6-14,32H2,1H3,(H2,33,40)(H,34,36). The Morgan fingerprint density at radius 2 is 1.76 bits per heavy atom. The lowest BCUT2D eigenvalue weighted by Crippen LogP contribution is -2.47. The van der Waals surface area contributed by atoms with Crippen molar-refractivity contribution < 1.29 is 9.59 Å². The van der Waals surface area contributed by atoms with Crippen molar-refractivity contribution in [3.05, 3.63) is 76.7 Å². The minimum Gasteiger partial charge on any atom is -0.398 e. The molecule has 11 heteroatoms. The predicted octanol–water partition coefficient (Wildman–Crippen LogP) is 2.09. The summed E-state index contributed by atoms with van der Waals surface area (Å²) in [6.07, 6.45) is 5.28. The van der Waals surface area contributed by atoms with Crippen molar-refractivity contribution in [3.8, 4) is 6.07 Å². The molecule has 4 heterocycles. The summed E-state index contributed by atoms with van der Waals surface area (Å²) >= 11 is 0. The van der Waals surface area contributed by atoms with Gasteiger partial charge in [0.1, 0.15) is 11.9 Å². The van der Waals surface area contributed by atoms with Crippen molar-refractivity contribution in [2.45, 2.75) is 25.3 Å². The third kappa shape index (κ3) is 6.56. The predicted molar refractivity (Wildman–Crippen MR) is 158 cm³/mol. The summed E-state index contributed by atoms with van der Waals surface area (Å²) in [5.41, 5.74) is 16.2. The summed E-state index contributed by atoms with van der Waals surface area (Å²) in [5, 5.41) is 12.5. The maximum atomic E-state index is 13.0. The Morgan fingerprint density at radius 1 is 1.00 bits per heavy atom. The van der Waals surface area contributed by atoms with Crippen molar-refractivity contribution in [2.75, 3.05) is 62.3 Å². The molecule has 0 unspecified atom stereocenters. The second kappa shape index (κ2) is 12.2. The van der Waals surface area contributed by atoms with Crippen molar-refractivity contribution in [1.82, 2.24) is 19.8 Å². The molecule has 212 valence electrons. The van der Waals surface area contributed by atoms with Crippen LogP contribution >= 0.6 is 0 Å². The molecule has 41 heavy (non-hydrogen) atoms. The molecular formula is C30H35N9O2. The van der Waals surface area contributed by atoms with Crippen LogP contribution in [0.5, 0.6) is 0 Å². The van der Waals surface area contributed by atoms with Gasteiger partial charge in [-0.05, 0) is 55.8 Å². The first-order valence-electron chi connectivity index (χ1n) is 13.8. The quantitative estimate of drug-likeness (QED) is 0.373. The van der Waals surface area contributed by atoms with E-state index in [0.29, 0.717) is 47.6 Å². The number of rotatable bonds is 7. The van der Waals surface area contributed by atoms with Gasteiger partial charge in [-0.15, -0.1) is 0 Å². The van der Waals surface area contributed by atoms with E-state index in [1.165, 1.54) is 6.20 Å². The number of pyridine rings is 2. The van der Waals surface area contributed by atoms with Gasteiger partial charge >= 0.3 is 0 Å². The molecule has 0 saturated carbocycles. The van der Waals surface area contributed by atoms with Crippen LogP contribution in [0.2, 0.25) is 0 Å². The Labute approximate surface area is 239 Å². The van der Waals surface area contributed by atoms with Crippen LogP contribution in [0.1, 0.15) is 50.4 Å². The number of nitrogens with zero attached hydrogens (tertiary/aromatic N) is 6. The van der Waals surface area contributed by atoms with E-state index in [2.05, 4.69) is 38.2 Å². The van der Waals surface area contributed by atoms with E-state index in [1.54, 1.807) is 18.3 Å². The van der Waals surface area contributed by atoms with Crippen LogP contribution in [-0.2, 0) is 6.42 Å². The molecule has 3 aromatic rings. The number of nitrogens with one attached hydrogen (secondary N) is 1.